The standard InChI is InChI=1S/C55H101NO12S/c1-3-5-7-9-11-13-15-17-19-21-23-25-27-29-31-33-35-37-39-41-43-48(58)47(46-66-55-52(61)53(68-69(63,64)65)51(60)50(45-57)67-55)56-54(62)49(59)44-42-40-38-36-34-32-30-28-26-24-22-20-18-16-14-12-10-8-6-4-2/h25-28,33,35,41,43,47-53,55,57-61H,3-24,29-32,34,36-40,42,44-46H2,1-2H3,(H,56,62)(H,63,64,65)/b27-25+,28-26-,35-33+,43-41+. The first-order valence-corrected chi connectivity index (χ1v) is 29.0. The van der Waals surface area contributed by atoms with Crippen LogP contribution in [0.5, 0.6) is 0 Å². The summed E-state index contributed by atoms with van der Waals surface area (Å²) in [6, 6.07) is -1.15. The van der Waals surface area contributed by atoms with Gasteiger partial charge >= 0.3 is 10.4 Å². The predicted octanol–water partition coefficient (Wildman–Crippen LogP) is 11.4. The van der Waals surface area contributed by atoms with Gasteiger partial charge in [-0.05, 0) is 70.6 Å². The van der Waals surface area contributed by atoms with Gasteiger partial charge in [0, 0.05) is 0 Å². The number of allylic oxidation sites excluding steroid dienone is 7. The molecular weight excluding hydrogens is 899 g/mol. The Morgan fingerprint density at radius 1 is 0.580 bits per heavy atom. The Hall–Kier alpha value is -1.98. The zero-order chi connectivity index (χ0) is 50.6. The fourth-order valence-corrected chi connectivity index (χ4v) is 9.06. The van der Waals surface area contributed by atoms with E-state index in [1.165, 1.54) is 134 Å². The third-order valence-electron chi connectivity index (χ3n) is 12.9. The van der Waals surface area contributed by atoms with E-state index < -0.39 is 78.5 Å². The van der Waals surface area contributed by atoms with Crippen LogP contribution in [-0.2, 0) is 28.9 Å². The molecule has 7 N–H and O–H groups in total. The van der Waals surface area contributed by atoms with Gasteiger partial charge in [-0.3, -0.25) is 9.35 Å². The number of unbranched alkanes of at least 4 members (excludes halogenated alkanes) is 28. The normalized spacial score (nSPS) is 20.5. The van der Waals surface area contributed by atoms with Crippen LogP contribution in [0, 0.1) is 0 Å². The van der Waals surface area contributed by atoms with E-state index in [4.69, 9.17) is 9.47 Å². The van der Waals surface area contributed by atoms with Crippen LogP contribution < -0.4 is 5.32 Å². The van der Waals surface area contributed by atoms with Crippen LogP contribution >= 0.6 is 0 Å². The summed E-state index contributed by atoms with van der Waals surface area (Å²) in [5.74, 6) is -0.720. The second-order valence-electron chi connectivity index (χ2n) is 19.3. The molecule has 0 aromatic heterocycles. The lowest BCUT2D eigenvalue weighted by Gasteiger charge is -2.41. The molecule has 404 valence electrons. The van der Waals surface area contributed by atoms with E-state index in [1.807, 2.05) is 0 Å². The summed E-state index contributed by atoms with van der Waals surface area (Å²) in [6.07, 6.45) is 44.7. The number of hydrogen-bond acceptors (Lipinski definition) is 11. The van der Waals surface area contributed by atoms with Crippen LogP contribution in [0.1, 0.15) is 232 Å². The number of nitrogens with one attached hydrogen (secondary N) is 1. The van der Waals surface area contributed by atoms with Crippen molar-refractivity contribution in [2.75, 3.05) is 13.2 Å². The maximum Gasteiger partial charge on any atom is 0.397 e. The summed E-state index contributed by atoms with van der Waals surface area (Å²) in [7, 11) is -5.13. The van der Waals surface area contributed by atoms with Gasteiger partial charge in [-0.1, -0.05) is 210 Å². The van der Waals surface area contributed by atoms with Gasteiger partial charge in [0.1, 0.15) is 30.5 Å². The zero-order valence-electron chi connectivity index (χ0n) is 43.2. The Morgan fingerprint density at radius 3 is 1.39 bits per heavy atom. The molecule has 1 heterocycles. The van der Waals surface area contributed by atoms with Crippen molar-refractivity contribution in [2.24, 2.45) is 0 Å². The minimum atomic E-state index is -5.13. The van der Waals surface area contributed by atoms with Gasteiger partial charge in [-0.15, -0.1) is 0 Å². The van der Waals surface area contributed by atoms with Gasteiger partial charge in [-0.2, -0.15) is 8.42 Å². The molecule has 14 heteroatoms. The van der Waals surface area contributed by atoms with Gasteiger partial charge in [0.15, 0.2) is 6.29 Å². The van der Waals surface area contributed by atoms with Crippen LogP contribution in [0.15, 0.2) is 48.6 Å². The van der Waals surface area contributed by atoms with Crippen LogP contribution in [0.25, 0.3) is 0 Å². The fraction of sp³-hybridized carbons (Fsp3) is 0.836. The van der Waals surface area contributed by atoms with Crippen molar-refractivity contribution in [2.45, 2.75) is 281 Å². The molecule has 0 saturated carbocycles. The summed E-state index contributed by atoms with van der Waals surface area (Å²) >= 11 is 0. The van der Waals surface area contributed by atoms with Gasteiger partial charge in [-0.25, -0.2) is 4.18 Å². The monoisotopic (exact) mass is 1000 g/mol. The second-order valence-corrected chi connectivity index (χ2v) is 20.3. The van der Waals surface area contributed by atoms with Crippen LogP contribution in [0.3, 0.4) is 0 Å². The Balaban J connectivity index is 2.52. The highest BCUT2D eigenvalue weighted by molar-refractivity contribution is 7.80. The number of hydrogen-bond donors (Lipinski definition) is 7. The molecule has 0 aliphatic carbocycles. The number of carbonyl (C=O) groups is 1. The van der Waals surface area contributed by atoms with Crippen molar-refractivity contribution in [3.05, 3.63) is 48.6 Å². The largest absolute Gasteiger partial charge is 0.397 e. The lowest BCUT2D eigenvalue weighted by Crippen LogP contribution is -2.61. The Morgan fingerprint density at radius 2 is 0.971 bits per heavy atom. The zero-order valence-corrected chi connectivity index (χ0v) is 44.1. The Labute approximate surface area is 420 Å². The summed E-state index contributed by atoms with van der Waals surface area (Å²) in [5, 5.41) is 55.4. The summed E-state index contributed by atoms with van der Waals surface area (Å²) < 4.78 is 47.7. The molecule has 13 nitrogen and oxygen atoms in total. The maximum atomic E-state index is 13.2. The lowest BCUT2D eigenvalue weighted by atomic mass is 9.99. The van der Waals surface area contributed by atoms with E-state index in [0.29, 0.717) is 12.8 Å². The molecule has 0 aromatic carbocycles. The molecule has 0 bridgehead atoms. The first-order valence-electron chi connectivity index (χ1n) is 27.6. The van der Waals surface area contributed by atoms with Gasteiger partial charge in [0.2, 0.25) is 5.91 Å². The van der Waals surface area contributed by atoms with Crippen molar-refractivity contribution in [3.8, 4) is 0 Å². The minimum Gasteiger partial charge on any atom is -0.394 e. The lowest BCUT2D eigenvalue weighted by molar-refractivity contribution is -0.298. The highest BCUT2D eigenvalue weighted by Crippen LogP contribution is 2.26. The fourth-order valence-electron chi connectivity index (χ4n) is 8.55. The van der Waals surface area contributed by atoms with Crippen LogP contribution in [0.2, 0.25) is 0 Å². The van der Waals surface area contributed by atoms with Gasteiger partial charge < -0.3 is 40.3 Å². The molecule has 1 aliphatic heterocycles. The van der Waals surface area contributed by atoms with E-state index >= 15 is 0 Å². The van der Waals surface area contributed by atoms with Crippen molar-refractivity contribution in [1.82, 2.24) is 5.32 Å². The highest BCUT2D eigenvalue weighted by Gasteiger charge is 2.48. The average molecular weight is 1000 g/mol. The van der Waals surface area contributed by atoms with Gasteiger partial charge in [0.25, 0.3) is 0 Å². The molecule has 1 rings (SSSR count). The topological polar surface area (TPSA) is 212 Å². The second kappa shape index (κ2) is 44.7. The number of rotatable bonds is 47. The Bertz CT molecular complexity index is 1420. The Kier molecular flexibility index (Phi) is 42.1. The van der Waals surface area contributed by atoms with Crippen molar-refractivity contribution in [1.29, 1.82) is 0 Å². The molecule has 1 fully saturated rings. The molecule has 0 aromatic rings. The van der Waals surface area contributed by atoms with E-state index in [0.717, 1.165) is 70.6 Å². The third-order valence-corrected chi connectivity index (χ3v) is 13.4. The third kappa shape index (κ3) is 36.6. The SMILES string of the molecule is CCCCCCCCCCCC/C=C\CCCCCCCCC(O)C(=O)NC(COC1OC(CO)C(O)C(OS(=O)(=O)O)C1O)C(O)/C=C/CC/C=C/CC/C=C/CCCCCCCCCCCC. The molecule has 8 unspecified atom stereocenters. The highest BCUT2D eigenvalue weighted by atomic mass is 32.3. The first kappa shape index (κ1) is 65.0. The molecule has 1 aliphatic rings. The smallest absolute Gasteiger partial charge is 0.394 e. The number of ether oxygens (including phenoxy) is 2. The summed E-state index contributed by atoms with van der Waals surface area (Å²) in [6.45, 7) is 3.22. The molecule has 8 atom stereocenters. The van der Waals surface area contributed by atoms with E-state index in [9.17, 15) is 43.3 Å². The van der Waals surface area contributed by atoms with E-state index in [1.54, 1.807) is 6.08 Å². The van der Waals surface area contributed by atoms with Gasteiger partial charge in [0.05, 0.1) is 25.4 Å². The number of aliphatic hydroxyl groups excluding tert-OH is 5. The number of amides is 1. The summed E-state index contributed by atoms with van der Waals surface area (Å²) in [4.78, 5) is 13.2. The molecule has 0 radical (unpaired) electrons. The first-order chi connectivity index (χ1) is 33.4. The quantitative estimate of drug-likeness (QED) is 0.0172. The number of carbonyl (C=O) groups excluding carboxylic acids is 1. The van der Waals surface area contributed by atoms with E-state index in [-0.39, 0.29) is 6.42 Å². The minimum absolute atomic E-state index is 0.226. The molecule has 1 amide bonds. The summed E-state index contributed by atoms with van der Waals surface area (Å²) in [5.41, 5.74) is 0. The van der Waals surface area contributed by atoms with Crippen molar-refractivity contribution in [3.63, 3.8) is 0 Å². The van der Waals surface area contributed by atoms with Crippen LogP contribution in [0.4, 0.5) is 0 Å². The van der Waals surface area contributed by atoms with Crippen LogP contribution in [-0.4, -0.2) is 107 Å². The molecular formula is C55H101NO12S. The molecule has 0 spiro atoms. The van der Waals surface area contributed by atoms with Crippen molar-refractivity contribution < 1.29 is 57.0 Å². The molecule has 69 heavy (non-hydrogen) atoms. The average Bonchev–Trinajstić information content (AvgIpc) is 3.32. The van der Waals surface area contributed by atoms with Crippen molar-refractivity contribution >= 4 is 16.3 Å². The maximum absolute atomic E-state index is 13.2. The molecule has 1 saturated heterocycles. The van der Waals surface area contributed by atoms with E-state index in [2.05, 4.69) is 59.8 Å². The number of aliphatic hydroxyl groups is 5. The predicted molar refractivity (Wildman–Crippen MR) is 279 cm³/mol.